The molecular formula is C9H14ClNO. The first-order valence-electron chi connectivity index (χ1n) is 3.64. The van der Waals surface area contributed by atoms with Gasteiger partial charge in [-0.2, -0.15) is 0 Å². The average molecular weight is 188 g/mol. The van der Waals surface area contributed by atoms with E-state index >= 15 is 0 Å². The van der Waals surface area contributed by atoms with Crippen molar-refractivity contribution in [2.24, 2.45) is 5.73 Å². The minimum atomic E-state index is 0. The van der Waals surface area contributed by atoms with Gasteiger partial charge in [0.1, 0.15) is 5.75 Å². The molecule has 0 aliphatic carbocycles. The molecule has 0 amide bonds. The lowest BCUT2D eigenvalue weighted by Crippen LogP contribution is -2.06. The summed E-state index contributed by atoms with van der Waals surface area (Å²) in [4.78, 5) is 0. The molecule has 12 heavy (non-hydrogen) atoms. The van der Waals surface area contributed by atoms with E-state index in [0.717, 1.165) is 11.3 Å². The Hall–Kier alpha value is -0.730. The second-order valence-corrected chi connectivity index (χ2v) is 2.53. The summed E-state index contributed by atoms with van der Waals surface area (Å²) in [6.45, 7) is 1.94. The van der Waals surface area contributed by atoms with Crippen molar-refractivity contribution in [2.45, 2.75) is 13.0 Å². The van der Waals surface area contributed by atoms with Crippen molar-refractivity contribution < 1.29 is 4.74 Å². The minimum Gasteiger partial charge on any atom is -0.496 e. The van der Waals surface area contributed by atoms with Gasteiger partial charge in [-0.15, -0.1) is 12.4 Å². The van der Waals surface area contributed by atoms with E-state index in [1.54, 1.807) is 7.11 Å². The van der Waals surface area contributed by atoms with Crippen LogP contribution in [0.15, 0.2) is 24.3 Å². The maximum atomic E-state index is 5.71. The molecule has 0 bridgehead atoms. The van der Waals surface area contributed by atoms with Crippen molar-refractivity contribution >= 4 is 12.4 Å². The highest BCUT2D eigenvalue weighted by atomic mass is 35.5. The van der Waals surface area contributed by atoms with E-state index in [9.17, 15) is 0 Å². The fourth-order valence-electron chi connectivity index (χ4n) is 1.04. The van der Waals surface area contributed by atoms with Crippen LogP contribution in [0.25, 0.3) is 0 Å². The van der Waals surface area contributed by atoms with Gasteiger partial charge in [0.2, 0.25) is 0 Å². The quantitative estimate of drug-likeness (QED) is 0.770. The summed E-state index contributed by atoms with van der Waals surface area (Å²) in [5.41, 5.74) is 6.76. The third kappa shape index (κ3) is 2.40. The molecule has 0 unspecified atom stereocenters. The zero-order valence-corrected chi connectivity index (χ0v) is 8.10. The first-order valence-corrected chi connectivity index (χ1v) is 3.64. The van der Waals surface area contributed by atoms with E-state index in [0.29, 0.717) is 0 Å². The van der Waals surface area contributed by atoms with Crippen LogP contribution in [0, 0.1) is 0 Å². The number of hydrogen-bond acceptors (Lipinski definition) is 2. The molecule has 3 heteroatoms. The zero-order valence-electron chi connectivity index (χ0n) is 7.28. The Balaban J connectivity index is 0.00000121. The zero-order chi connectivity index (χ0) is 8.27. The van der Waals surface area contributed by atoms with Crippen molar-refractivity contribution in [3.8, 4) is 5.75 Å². The SMILES string of the molecule is COc1ccccc1[C@@H](C)N.Cl. The van der Waals surface area contributed by atoms with E-state index in [-0.39, 0.29) is 18.4 Å². The predicted molar refractivity (Wildman–Crippen MR) is 52.8 cm³/mol. The third-order valence-electron chi connectivity index (χ3n) is 1.63. The molecule has 0 radical (unpaired) electrons. The first kappa shape index (κ1) is 11.3. The second kappa shape index (κ2) is 5.01. The number of nitrogens with two attached hydrogens (primary N) is 1. The molecule has 0 heterocycles. The fraction of sp³-hybridized carbons (Fsp3) is 0.333. The molecule has 0 aliphatic heterocycles. The Morgan fingerprint density at radius 3 is 2.33 bits per heavy atom. The summed E-state index contributed by atoms with van der Waals surface area (Å²) in [5, 5.41) is 0. The van der Waals surface area contributed by atoms with Gasteiger partial charge >= 0.3 is 0 Å². The van der Waals surface area contributed by atoms with Crippen LogP contribution in [0.1, 0.15) is 18.5 Å². The summed E-state index contributed by atoms with van der Waals surface area (Å²) in [7, 11) is 1.65. The van der Waals surface area contributed by atoms with Gasteiger partial charge in [-0.1, -0.05) is 18.2 Å². The normalized spacial score (nSPS) is 11.6. The lowest BCUT2D eigenvalue weighted by atomic mass is 10.1. The van der Waals surface area contributed by atoms with Crippen LogP contribution in [0.5, 0.6) is 5.75 Å². The summed E-state index contributed by atoms with van der Waals surface area (Å²) >= 11 is 0. The van der Waals surface area contributed by atoms with E-state index in [2.05, 4.69) is 0 Å². The lowest BCUT2D eigenvalue weighted by Gasteiger charge is -2.10. The highest BCUT2D eigenvalue weighted by molar-refractivity contribution is 5.85. The van der Waals surface area contributed by atoms with Crippen LogP contribution >= 0.6 is 12.4 Å². The lowest BCUT2D eigenvalue weighted by molar-refractivity contribution is 0.407. The van der Waals surface area contributed by atoms with Crippen molar-refractivity contribution in [3.63, 3.8) is 0 Å². The topological polar surface area (TPSA) is 35.2 Å². The number of ether oxygens (including phenoxy) is 1. The van der Waals surface area contributed by atoms with Crippen molar-refractivity contribution in [2.75, 3.05) is 7.11 Å². The van der Waals surface area contributed by atoms with Crippen molar-refractivity contribution in [3.05, 3.63) is 29.8 Å². The van der Waals surface area contributed by atoms with Gasteiger partial charge in [0.05, 0.1) is 7.11 Å². The Morgan fingerprint density at radius 1 is 1.33 bits per heavy atom. The molecular weight excluding hydrogens is 174 g/mol. The number of benzene rings is 1. The largest absolute Gasteiger partial charge is 0.496 e. The van der Waals surface area contributed by atoms with Crippen LogP contribution in [-0.4, -0.2) is 7.11 Å². The monoisotopic (exact) mass is 187 g/mol. The molecule has 0 saturated heterocycles. The molecule has 68 valence electrons. The molecule has 0 aliphatic rings. The summed E-state index contributed by atoms with van der Waals surface area (Å²) in [6.07, 6.45) is 0. The molecule has 0 aromatic heterocycles. The van der Waals surface area contributed by atoms with E-state index < -0.39 is 0 Å². The van der Waals surface area contributed by atoms with Gasteiger partial charge in [0, 0.05) is 11.6 Å². The Bertz CT molecular complexity index is 238. The average Bonchev–Trinajstić information content (AvgIpc) is 2.04. The number of rotatable bonds is 2. The molecule has 1 aromatic carbocycles. The van der Waals surface area contributed by atoms with Crippen LogP contribution in [-0.2, 0) is 0 Å². The Labute approximate surface area is 79.1 Å². The molecule has 1 atom stereocenters. The number of halogens is 1. The smallest absolute Gasteiger partial charge is 0.123 e. The maximum Gasteiger partial charge on any atom is 0.123 e. The van der Waals surface area contributed by atoms with Gasteiger partial charge in [0.25, 0.3) is 0 Å². The summed E-state index contributed by atoms with van der Waals surface area (Å²) < 4.78 is 5.13. The molecule has 1 rings (SSSR count). The van der Waals surface area contributed by atoms with Crippen LogP contribution in [0.4, 0.5) is 0 Å². The van der Waals surface area contributed by atoms with Crippen molar-refractivity contribution in [1.29, 1.82) is 0 Å². The highest BCUT2D eigenvalue weighted by Crippen LogP contribution is 2.22. The van der Waals surface area contributed by atoms with Crippen molar-refractivity contribution in [1.82, 2.24) is 0 Å². The first-order chi connectivity index (χ1) is 5.25. The molecule has 2 N–H and O–H groups in total. The molecule has 0 fully saturated rings. The standard InChI is InChI=1S/C9H13NO.ClH/c1-7(10)8-5-3-4-6-9(8)11-2;/h3-7H,10H2,1-2H3;1H/t7-;/m1./s1. The Kier molecular flexibility index (Phi) is 4.71. The van der Waals surface area contributed by atoms with E-state index in [1.807, 2.05) is 31.2 Å². The van der Waals surface area contributed by atoms with Crippen LogP contribution in [0.3, 0.4) is 0 Å². The maximum absolute atomic E-state index is 5.71. The predicted octanol–water partition coefficient (Wildman–Crippen LogP) is 2.14. The molecule has 0 spiro atoms. The van der Waals surface area contributed by atoms with Crippen LogP contribution < -0.4 is 10.5 Å². The number of methoxy groups -OCH3 is 1. The number of para-hydroxylation sites is 1. The second-order valence-electron chi connectivity index (χ2n) is 2.53. The van der Waals surface area contributed by atoms with Gasteiger partial charge in [0.15, 0.2) is 0 Å². The summed E-state index contributed by atoms with van der Waals surface area (Å²) in [5.74, 6) is 0.863. The molecule has 1 aromatic rings. The minimum absolute atomic E-state index is 0. The van der Waals surface area contributed by atoms with Gasteiger partial charge < -0.3 is 10.5 Å². The van der Waals surface area contributed by atoms with E-state index in [1.165, 1.54) is 0 Å². The summed E-state index contributed by atoms with van der Waals surface area (Å²) in [6, 6.07) is 7.82. The molecule has 2 nitrogen and oxygen atoms in total. The number of hydrogen-bond donors (Lipinski definition) is 1. The van der Waals surface area contributed by atoms with E-state index in [4.69, 9.17) is 10.5 Å². The van der Waals surface area contributed by atoms with Crippen LogP contribution in [0.2, 0.25) is 0 Å². The Morgan fingerprint density at radius 2 is 1.92 bits per heavy atom. The third-order valence-corrected chi connectivity index (χ3v) is 1.63. The van der Waals surface area contributed by atoms with Gasteiger partial charge in [-0.3, -0.25) is 0 Å². The van der Waals surface area contributed by atoms with Gasteiger partial charge in [-0.25, -0.2) is 0 Å². The highest BCUT2D eigenvalue weighted by Gasteiger charge is 2.04. The molecule has 0 saturated carbocycles. The van der Waals surface area contributed by atoms with Gasteiger partial charge in [-0.05, 0) is 13.0 Å². The fourth-order valence-corrected chi connectivity index (χ4v) is 1.04.